The maximum absolute atomic E-state index is 12.4. The van der Waals surface area contributed by atoms with E-state index in [0.717, 1.165) is 5.70 Å². The minimum absolute atomic E-state index is 0.0182. The molecule has 0 amide bonds. The van der Waals surface area contributed by atoms with Crippen molar-refractivity contribution in [1.29, 1.82) is 0 Å². The molecule has 120 valence electrons. The molecule has 2 rings (SSSR count). The Balaban J connectivity index is 2.28. The van der Waals surface area contributed by atoms with Crippen LogP contribution < -0.4 is 4.72 Å². The van der Waals surface area contributed by atoms with Crippen molar-refractivity contribution >= 4 is 10.0 Å². The highest BCUT2D eigenvalue weighted by atomic mass is 32.2. The highest BCUT2D eigenvalue weighted by Crippen LogP contribution is 2.50. The summed E-state index contributed by atoms with van der Waals surface area (Å²) < 4.78 is 61.2. The number of hydrogen-bond acceptors (Lipinski definition) is 3. The summed E-state index contributed by atoms with van der Waals surface area (Å²) in [6, 6.07) is 0.223. The topological polar surface area (TPSA) is 49.4 Å². The first kappa shape index (κ1) is 16.2. The lowest BCUT2D eigenvalue weighted by Gasteiger charge is -2.30. The first-order valence-corrected chi connectivity index (χ1v) is 8.10. The van der Waals surface area contributed by atoms with Gasteiger partial charge >= 0.3 is 15.5 Å². The third kappa shape index (κ3) is 2.54. The molecule has 1 N–H and O–H groups in total. The van der Waals surface area contributed by atoms with E-state index in [4.69, 9.17) is 0 Å². The zero-order chi connectivity index (χ0) is 16.2. The second-order valence-electron chi connectivity index (χ2n) is 6.18. The normalized spacial score (nSPS) is 28.8. The van der Waals surface area contributed by atoms with Crippen LogP contribution in [-0.2, 0) is 10.0 Å². The van der Waals surface area contributed by atoms with Crippen molar-refractivity contribution in [2.45, 2.75) is 38.7 Å². The van der Waals surface area contributed by atoms with Gasteiger partial charge in [-0.05, 0) is 24.8 Å². The van der Waals surface area contributed by atoms with Gasteiger partial charge in [0.1, 0.15) is 0 Å². The molecule has 1 saturated heterocycles. The second-order valence-corrected chi connectivity index (χ2v) is 7.85. The monoisotopic (exact) mass is 324 g/mol. The molecule has 0 radical (unpaired) electrons. The first-order valence-electron chi connectivity index (χ1n) is 6.61. The lowest BCUT2D eigenvalue weighted by molar-refractivity contribution is -0.0444. The fourth-order valence-corrected chi connectivity index (χ4v) is 3.58. The first-order chi connectivity index (χ1) is 9.38. The fraction of sp³-hybridized carbons (Fsp3) is 0.692. The Kier molecular flexibility index (Phi) is 3.59. The van der Waals surface area contributed by atoms with Crippen molar-refractivity contribution in [3.63, 3.8) is 0 Å². The standard InChI is InChI=1S/C13H19F3N2O2S/c1-8-12(2,3)10-6-5-9(7-11(10)18(8)4)17-21(19,20)13(14,15)16/h5,7-8,10,17H,6H2,1-4H3. The van der Waals surface area contributed by atoms with E-state index in [0.29, 0.717) is 6.42 Å². The fourth-order valence-electron chi connectivity index (χ4n) is 3.01. The molecule has 0 bridgehead atoms. The Morgan fingerprint density at radius 2 is 1.95 bits per heavy atom. The van der Waals surface area contributed by atoms with Crippen LogP contribution in [-0.4, -0.2) is 31.9 Å². The average Bonchev–Trinajstić information content (AvgIpc) is 2.49. The highest BCUT2D eigenvalue weighted by molar-refractivity contribution is 7.90. The van der Waals surface area contributed by atoms with Crippen molar-refractivity contribution in [2.24, 2.45) is 11.3 Å². The lowest BCUT2D eigenvalue weighted by Crippen LogP contribution is -2.36. The summed E-state index contributed by atoms with van der Waals surface area (Å²) in [4.78, 5) is 2.00. The Labute approximate surface area is 122 Å². The molecular formula is C13H19F3N2O2S. The predicted octanol–water partition coefficient (Wildman–Crippen LogP) is 2.57. The molecule has 1 aliphatic heterocycles. The lowest BCUT2D eigenvalue weighted by atomic mass is 9.73. The molecule has 2 unspecified atom stereocenters. The minimum Gasteiger partial charge on any atom is -0.374 e. The summed E-state index contributed by atoms with van der Waals surface area (Å²) in [5, 5.41) is 0. The smallest absolute Gasteiger partial charge is 0.374 e. The largest absolute Gasteiger partial charge is 0.516 e. The number of alkyl halides is 3. The molecule has 21 heavy (non-hydrogen) atoms. The Bertz CT molecular complexity index is 605. The molecule has 0 spiro atoms. The zero-order valence-electron chi connectivity index (χ0n) is 12.3. The van der Waals surface area contributed by atoms with Gasteiger partial charge in [0, 0.05) is 30.4 Å². The van der Waals surface area contributed by atoms with Crippen LogP contribution >= 0.6 is 0 Å². The number of sulfonamides is 1. The van der Waals surface area contributed by atoms with E-state index >= 15 is 0 Å². The van der Waals surface area contributed by atoms with Crippen LogP contribution in [0.15, 0.2) is 23.5 Å². The zero-order valence-corrected chi connectivity index (χ0v) is 13.1. The molecule has 1 aliphatic carbocycles. The second kappa shape index (κ2) is 4.66. The average molecular weight is 324 g/mol. The van der Waals surface area contributed by atoms with Gasteiger partial charge in [-0.2, -0.15) is 21.6 Å². The van der Waals surface area contributed by atoms with Crippen molar-refractivity contribution in [3.8, 4) is 0 Å². The number of likely N-dealkylation sites (tertiary alicyclic amines) is 1. The number of hydrogen-bond donors (Lipinski definition) is 1. The van der Waals surface area contributed by atoms with Crippen LogP contribution in [0.25, 0.3) is 0 Å². The summed E-state index contributed by atoms with van der Waals surface area (Å²) in [6.45, 7) is 6.27. The van der Waals surface area contributed by atoms with Crippen LogP contribution in [0, 0.1) is 11.3 Å². The number of rotatable bonds is 2. The molecule has 4 nitrogen and oxygen atoms in total. The van der Waals surface area contributed by atoms with Crippen molar-refractivity contribution in [2.75, 3.05) is 7.05 Å². The summed E-state index contributed by atoms with van der Waals surface area (Å²) in [6.07, 6.45) is 3.54. The molecule has 0 saturated carbocycles. The van der Waals surface area contributed by atoms with E-state index in [1.54, 1.807) is 4.72 Å². The number of fused-ring (bicyclic) bond motifs is 1. The van der Waals surface area contributed by atoms with E-state index < -0.39 is 15.5 Å². The van der Waals surface area contributed by atoms with E-state index in [1.807, 2.05) is 11.9 Å². The molecule has 2 atom stereocenters. The third-order valence-electron chi connectivity index (χ3n) is 4.75. The third-order valence-corrected chi connectivity index (χ3v) is 5.87. The quantitative estimate of drug-likeness (QED) is 0.849. The van der Waals surface area contributed by atoms with E-state index in [2.05, 4.69) is 20.8 Å². The van der Waals surface area contributed by atoms with Crippen LogP contribution in [0.3, 0.4) is 0 Å². The van der Waals surface area contributed by atoms with E-state index in [9.17, 15) is 21.6 Å². The van der Waals surface area contributed by atoms with Gasteiger partial charge in [0.25, 0.3) is 0 Å². The van der Waals surface area contributed by atoms with E-state index in [1.165, 1.54) is 12.2 Å². The minimum atomic E-state index is -5.37. The van der Waals surface area contributed by atoms with Crippen LogP contribution in [0.1, 0.15) is 27.2 Å². The molecular weight excluding hydrogens is 305 g/mol. The van der Waals surface area contributed by atoms with Gasteiger partial charge in [0.05, 0.1) is 0 Å². The van der Waals surface area contributed by atoms with Crippen LogP contribution in [0.5, 0.6) is 0 Å². The summed E-state index contributed by atoms with van der Waals surface area (Å²) in [5.41, 5.74) is -4.48. The van der Waals surface area contributed by atoms with Crippen molar-refractivity contribution < 1.29 is 21.6 Å². The maximum Gasteiger partial charge on any atom is 0.516 e. The summed E-state index contributed by atoms with van der Waals surface area (Å²) >= 11 is 0. The molecule has 1 fully saturated rings. The summed E-state index contributed by atoms with van der Waals surface area (Å²) in [5.74, 6) is 0.177. The van der Waals surface area contributed by atoms with Gasteiger partial charge < -0.3 is 4.90 Å². The summed E-state index contributed by atoms with van der Waals surface area (Å²) in [7, 11) is -3.49. The van der Waals surface area contributed by atoms with Gasteiger partial charge in [-0.25, -0.2) is 0 Å². The SMILES string of the molecule is CC1N(C)C2=CC(NS(=O)(=O)C(F)(F)F)=CCC2C1(C)C. The number of halogens is 3. The molecule has 0 aromatic heterocycles. The van der Waals surface area contributed by atoms with Crippen LogP contribution in [0.2, 0.25) is 0 Å². The molecule has 8 heteroatoms. The van der Waals surface area contributed by atoms with Gasteiger partial charge in [-0.3, -0.25) is 4.72 Å². The highest BCUT2D eigenvalue weighted by Gasteiger charge is 2.49. The maximum atomic E-state index is 12.4. The predicted molar refractivity (Wildman–Crippen MR) is 73.4 cm³/mol. The van der Waals surface area contributed by atoms with Gasteiger partial charge in [0.15, 0.2) is 0 Å². The molecule has 1 heterocycles. The number of allylic oxidation sites excluding steroid dienone is 3. The molecule has 0 aromatic rings. The molecule has 2 aliphatic rings. The Morgan fingerprint density at radius 3 is 2.48 bits per heavy atom. The van der Waals surface area contributed by atoms with Crippen molar-refractivity contribution in [1.82, 2.24) is 9.62 Å². The van der Waals surface area contributed by atoms with Crippen molar-refractivity contribution in [3.05, 3.63) is 23.5 Å². The molecule has 0 aromatic carbocycles. The van der Waals surface area contributed by atoms with Crippen LogP contribution in [0.4, 0.5) is 13.2 Å². The number of nitrogens with zero attached hydrogens (tertiary/aromatic N) is 1. The Hall–Kier alpha value is -1.18. The van der Waals surface area contributed by atoms with Gasteiger partial charge in [-0.15, -0.1) is 0 Å². The van der Waals surface area contributed by atoms with Gasteiger partial charge in [-0.1, -0.05) is 19.9 Å². The van der Waals surface area contributed by atoms with E-state index in [-0.39, 0.29) is 23.1 Å². The van der Waals surface area contributed by atoms with Gasteiger partial charge in [0.2, 0.25) is 0 Å². The Morgan fingerprint density at radius 1 is 1.38 bits per heavy atom. The number of nitrogens with one attached hydrogen (secondary N) is 1.